The summed E-state index contributed by atoms with van der Waals surface area (Å²) >= 11 is 4.80. The molecule has 0 aromatic heterocycles. The molecule has 0 unspecified atom stereocenters. The maximum absolute atomic E-state index is 12.1. The molecule has 3 rings (SSSR count). The summed E-state index contributed by atoms with van der Waals surface area (Å²) in [5, 5.41) is 3.44. The maximum atomic E-state index is 12.1. The number of carbonyl (C=O) groups excluding carboxylic acids is 1. The Morgan fingerprint density at radius 2 is 2.00 bits per heavy atom. The number of benzene rings is 2. The van der Waals surface area contributed by atoms with E-state index in [4.69, 9.17) is 0 Å². The van der Waals surface area contributed by atoms with Gasteiger partial charge in [0.25, 0.3) is 5.91 Å². The molecule has 23 heavy (non-hydrogen) atoms. The van der Waals surface area contributed by atoms with E-state index in [0.29, 0.717) is 10.1 Å². The summed E-state index contributed by atoms with van der Waals surface area (Å²) in [4.78, 5) is 17.3. The summed E-state index contributed by atoms with van der Waals surface area (Å²) < 4.78 is 0.986. The van der Waals surface area contributed by atoms with E-state index in [0.717, 1.165) is 21.3 Å². The maximum Gasteiger partial charge on any atom is 0.264 e. The summed E-state index contributed by atoms with van der Waals surface area (Å²) in [6, 6.07) is 13.9. The van der Waals surface area contributed by atoms with E-state index >= 15 is 0 Å². The Hall–Kier alpha value is -1.85. The first-order valence-corrected chi connectivity index (χ1v) is 8.74. The van der Waals surface area contributed by atoms with Gasteiger partial charge in [0, 0.05) is 4.47 Å². The molecule has 1 heterocycles. The first-order valence-electron chi connectivity index (χ1n) is 7.14. The Kier molecular flexibility index (Phi) is 4.68. The van der Waals surface area contributed by atoms with E-state index in [1.807, 2.05) is 49.4 Å². The highest BCUT2D eigenvalue weighted by molar-refractivity contribution is 9.10. The van der Waals surface area contributed by atoms with Crippen LogP contribution in [0, 0.1) is 13.8 Å². The molecule has 3 nitrogen and oxygen atoms in total. The molecule has 0 spiro atoms. The SMILES string of the molecule is Cc1ccc(N=C2NC(=O)/C(=C/c3cccc(Br)c3)S2)c(C)c1. The lowest BCUT2D eigenvalue weighted by Gasteiger charge is -2.02. The summed E-state index contributed by atoms with van der Waals surface area (Å²) in [6.07, 6.45) is 1.87. The minimum absolute atomic E-state index is 0.113. The summed E-state index contributed by atoms with van der Waals surface area (Å²) in [5.74, 6) is -0.113. The van der Waals surface area contributed by atoms with Crippen molar-refractivity contribution in [3.8, 4) is 0 Å². The summed E-state index contributed by atoms with van der Waals surface area (Å²) in [6.45, 7) is 4.07. The normalized spacial score (nSPS) is 17.8. The molecule has 0 bridgehead atoms. The van der Waals surface area contributed by atoms with Gasteiger partial charge in [-0.3, -0.25) is 4.79 Å². The van der Waals surface area contributed by atoms with E-state index in [9.17, 15) is 4.79 Å². The van der Waals surface area contributed by atoms with Gasteiger partial charge in [0.05, 0.1) is 10.6 Å². The van der Waals surface area contributed by atoms with Crippen molar-refractivity contribution < 1.29 is 4.79 Å². The molecule has 0 aliphatic carbocycles. The van der Waals surface area contributed by atoms with Gasteiger partial charge in [-0.05, 0) is 61.0 Å². The molecular weight excluding hydrogens is 372 g/mol. The van der Waals surface area contributed by atoms with Crippen molar-refractivity contribution in [2.24, 2.45) is 4.99 Å². The third-order valence-electron chi connectivity index (χ3n) is 3.37. The number of nitrogens with zero attached hydrogens (tertiary/aromatic N) is 1. The fraction of sp³-hybridized carbons (Fsp3) is 0.111. The van der Waals surface area contributed by atoms with Crippen LogP contribution in [0.2, 0.25) is 0 Å². The molecule has 1 aliphatic rings. The fourth-order valence-corrected chi connectivity index (χ4v) is 3.52. The number of amides is 1. The standard InChI is InChI=1S/C18H15BrN2OS/c1-11-6-7-15(12(2)8-11)20-18-21-17(22)16(23-18)10-13-4-3-5-14(19)9-13/h3-10H,1-2H3,(H,20,21,22)/b16-10-. The Balaban J connectivity index is 1.86. The summed E-state index contributed by atoms with van der Waals surface area (Å²) in [7, 11) is 0. The number of hydrogen-bond acceptors (Lipinski definition) is 3. The molecule has 5 heteroatoms. The second-order valence-electron chi connectivity index (χ2n) is 5.33. The van der Waals surface area contributed by atoms with Crippen LogP contribution < -0.4 is 5.32 Å². The minimum Gasteiger partial charge on any atom is -0.300 e. The van der Waals surface area contributed by atoms with Crippen molar-refractivity contribution in [2.45, 2.75) is 13.8 Å². The number of thioether (sulfide) groups is 1. The predicted octanol–water partition coefficient (Wildman–Crippen LogP) is 4.96. The van der Waals surface area contributed by atoms with Crippen molar-refractivity contribution in [3.05, 3.63) is 68.5 Å². The quantitative estimate of drug-likeness (QED) is 0.741. The second-order valence-corrected chi connectivity index (χ2v) is 7.27. The molecular formula is C18H15BrN2OS. The van der Waals surface area contributed by atoms with Crippen molar-refractivity contribution in [2.75, 3.05) is 0 Å². The second kappa shape index (κ2) is 6.72. The highest BCUT2D eigenvalue weighted by Crippen LogP contribution is 2.29. The number of halogens is 1. The van der Waals surface area contributed by atoms with E-state index in [-0.39, 0.29) is 5.91 Å². The molecule has 116 valence electrons. The molecule has 1 fully saturated rings. The van der Waals surface area contributed by atoms with Crippen molar-refractivity contribution in [1.82, 2.24) is 5.32 Å². The van der Waals surface area contributed by atoms with Gasteiger partial charge in [-0.15, -0.1) is 0 Å². The van der Waals surface area contributed by atoms with Crippen molar-refractivity contribution >= 4 is 50.5 Å². The molecule has 0 saturated carbocycles. The van der Waals surface area contributed by atoms with Crippen LogP contribution in [-0.2, 0) is 4.79 Å². The van der Waals surface area contributed by atoms with Gasteiger partial charge in [-0.1, -0.05) is 45.8 Å². The minimum atomic E-state index is -0.113. The number of aryl methyl sites for hydroxylation is 2. The first-order chi connectivity index (χ1) is 11.0. The molecule has 2 aromatic carbocycles. The highest BCUT2D eigenvalue weighted by atomic mass is 79.9. The Morgan fingerprint density at radius 3 is 2.74 bits per heavy atom. The Labute approximate surface area is 148 Å². The van der Waals surface area contributed by atoms with Crippen molar-refractivity contribution in [1.29, 1.82) is 0 Å². The Bertz CT molecular complexity index is 843. The van der Waals surface area contributed by atoms with Crippen LogP contribution in [0.25, 0.3) is 6.08 Å². The van der Waals surface area contributed by atoms with Gasteiger partial charge in [0.15, 0.2) is 5.17 Å². The number of amidine groups is 1. The van der Waals surface area contributed by atoms with Gasteiger partial charge in [0.2, 0.25) is 0 Å². The predicted molar refractivity (Wildman–Crippen MR) is 101 cm³/mol. The Morgan fingerprint density at radius 1 is 1.17 bits per heavy atom. The van der Waals surface area contributed by atoms with Crippen LogP contribution in [0.5, 0.6) is 0 Å². The van der Waals surface area contributed by atoms with Crippen LogP contribution in [-0.4, -0.2) is 11.1 Å². The van der Waals surface area contributed by atoms with Gasteiger partial charge >= 0.3 is 0 Å². The van der Waals surface area contributed by atoms with Gasteiger partial charge < -0.3 is 5.32 Å². The number of carbonyl (C=O) groups is 1. The molecule has 1 saturated heterocycles. The molecule has 1 N–H and O–H groups in total. The first kappa shape index (κ1) is 16.0. The molecule has 1 aliphatic heterocycles. The molecule has 0 radical (unpaired) electrons. The number of nitrogens with one attached hydrogen (secondary N) is 1. The average molecular weight is 387 g/mol. The zero-order valence-corrected chi connectivity index (χ0v) is 15.2. The van der Waals surface area contributed by atoms with Crippen LogP contribution in [0.3, 0.4) is 0 Å². The number of hydrogen-bond donors (Lipinski definition) is 1. The zero-order chi connectivity index (χ0) is 16.4. The molecule has 0 atom stereocenters. The van der Waals surface area contributed by atoms with E-state index in [2.05, 4.69) is 39.2 Å². The van der Waals surface area contributed by atoms with Crippen LogP contribution >= 0.6 is 27.7 Å². The average Bonchev–Trinajstić information content (AvgIpc) is 2.82. The number of aliphatic imine (C=N–C) groups is 1. The monoisotopic (exact) mass is 386 g/mol. The lowest BCUT2D eigenvalue weighted by Crippen LogP contribution is -2.19. The van der Waals surface area contributed by atoms with Crippen LogP contribution in [0.15, 0.2) is 56.8 Å². The fourth-order valence-electron chi connectivity index (χ4n) is 2.27. The molecule has 2 aromatic rings. The molecule has 1 amide bonds. The topological polar surface area (TPSA) is 41.5 Å². The largest absolute Gasteiger partial charge is 0.300 e. The van der Waals surface area contributed by atoms with Crippen molar-refractivity contribution in [3.63, 3.8) is 0 Å². The lowest BCUT2D eigenvalue weighted by molar-refractivity contribution is -0.115. The van der Waals surface area contributed by atoms with Crippen LogP contribution in [0.1, 0.15) is 16.7 Å². The van der Waals surface area contributed by atoms with E-state index < -0.39 is 0 Å². The van der Waals surface area contributed by atoms with E-state index in [1.54, 1.807) is 0 Å². The van der Waals surface area contributed by atoms with E-state index in [1.165, 1.54) is 17.3 Å². The number of rotatable bonds is 2. The zero-order valence-electron chi connectivity index (χ0n) is 12.8. The highest BCUT2D eigenvalue weighted by Gasteiger charge is 2.23. The third kappa shape index (κ3) is 3.92. The van der Waals surface area contributed by atoms with Gasteiger partial charge in [-0.2, -0.15) is 0 Å². The van der Waals surface area contributed by atoms with Gasteiger partial charge in [0.1, 0.15) is 0 Å². The smallest absolute Gasteiger partial charge is 0.264 e. The van der Waals surface area contributed by atoms with Gasteiger partial charge in [-0.25, -0.2) is 4.99 Å². The third-order valence-corrected chi connectivity index (χ3v) is 4.77. The summed E-state index contributed by atoms with van der Waals surface area (Å²) in [5.41, 5.74) is 4.15. The van der Waals surface area contributed by atoms with Crippen LogP contribution in [0.4, 0.5) is 5.69 Å². The lowest BCUT2D eigenvalue weighted by atomic mass is 10.1.